The molecule has 1 heterocycles. The molecule has 0 aliphatic rings. The summed E-state index contributed by atoms with van der Waals surface area (Å²) in [7, 11) is 0. The van der Waals surface area contributed by atoms with Crippen molar-refractivity contribution in [1.29, 1.82) is 0 Å². The molecule has 3 rings (SSSR count). The second-order valence-electron chi connectivity index (χ2n) is 7.06. The SMILES string of the molecule is Cc1ccc(C)c(NC(=O)COC(=O)c2cccc(OCc3c(C)noc3C)c2)c1. The number of ether oxygens (including phenoxy) is 2. The van der Waals surface area contributed by atoms with Crippen LogP contribution in [0.25, 0.3) is 0 Å². The van der Waals surface area contributed by atoms with Gasteiger partial charge in [0.1, 0.15) is 18.1 Å². The summed E-state index contributed by atoms with van der Waals surface area (Å²) in [6, 6.07) is 12.4. The Labute approximate surface area is 175 Å². The predicted octanol–water partition coefficient (Wildman–Crippen LogP) is 4.28. The van der Waals surface area contributed by atoms with Gasteiger partial charge in [0.2, 0.25) is 0 Å². The molecular weight excluding hydrogens is 384 g/mol. The number of aromatic nitrogens is 1. The van der Waals surface area contributed by atoms with Crippen molar-refractivity contribution in [2.24, 2.45) is 0 Å². The highest BCUT2D eigenvalue weighted by atomic mass is 16.5. The van der Waals surface area contributed by atoms with Crippen molar-refractivity contribution in [3.05, 3.63) is 76.2 Å². The molecular formula is C23H24N2O5. The number of carbonyl (C=O) groups is 2. The van der Waals surface area contributed by atoms with Gasteiger partial charge in [-0.15, -0.1) is 0 Å². The molecule has 0 bridgehead atoms. The van der Waals surface area contributed by atoms with Gasteiger partial charge in [-0.25, -0.2) is 4.79 Å². The number of aryl methyl sites for hydroxylation is 4. The van der Waals surface area contributed by atoms with Crippen molar-refractivity contribution in [3.63, 3.8) is 0 Å². The van der Waals surface area contributed by atoms with Crippen LogP contribution < -0.4 is 10.1 Å². The van der Waals surface area contributed by atoms with Crippen LogP contribution in [0, 0.1) is 27.7 Å². The number of rotatable bonds is 7. The predicted molar refractivity (Wildman–Crippen MR) is 112 cm³/mol. The van der Waals surface area contributed by atoms with Crippen LogP contribution in [-0.2, 0) is 16.1 Å². The van der Waals surface area contributed by atoms with Crippen LogP contribution in [0.4, 0.5) is 5.69 Å². The quantitative estimate of drug-likeness (QED) is 0.587. The molecule has 0 atom stereocenters. The van der Waals surface area contributed by atoms with E-state index in [0.717, 1.165) is 22.4 Å². The molecule has 0 aliphatic heterocycles. The molecule has 1 N–H and O–H groups in total. The molecule has 0 saturated heterocycles. The fourth-order valence-electron chi connectivity index (χ4n) is 2.85. The van der Waals surface area contributed by atoms with Gasteiger partial charge in [-0.1, -0.05) is 23.4 Å². The number of esters is 1. The maximum atomic E-state index is 12.3. The van der Waals surface area contributed by atoms with E-state index >= 15 is 0 Å². The fourth-order valence-corrected chi connectivity index (χ4v) is 2.85. The van der Waals surface area contributed by atoms with Crippen molar-refractivity contribution >= 4 is 17.6 Å². The average molecular weight is 408 g/mol. The number of hydrogen-bond donors (Lipinski definition) is 1. The van der Waals surface area contributed by atoms with E-state index in [-0.39, 0.29) is 13.2 Å². The summed E-state index contributed by atoms with van der Waals surface area (Å²) in [5.41, 5.74) is 4.59. The Morgan fingerprint density at radius 2 is 1.87 bits per heavy atom. The third-order valence-electron chi connectivity index (χ3n) is 4.64. The molecule has 1 amide bonds. The van der Waals surface area contributed by atoms with Gasteiger partial charge < -0.3 is 19.3 Å². The lowest BCUT2D eigenvalue weighted by Crippen LogP contribution is -2.21. The number of nitrogens with zero attached hydrogens (tertiary/aromatic N) is 1. The maximum Gasteiger partial charge on any atom is 0.338 e. The van der Waals surface area contributed by atoms with Gasteiger partial charge in [-0.05, 0) is 63.1 Å². The van der Waals surface area contributed by atoms with Crippen LogP contribution in [0.1, 0.15) is 38.5 Å². The van der Waals surface area contributed by atoms with Crippen LogP contribution >= 0.6 is 0 Å². The smallest absolute Gasteiger partial charge is 0.338 e. The van der Waals surface area contributed by atoms with Crippen molar-refractivity contribution in [2.45, 2.75) is 34.3 Å². The topological polar surface area (TPSA) is 90.7 Å². The van der Waals surface area contributed by atoms with Crippen LogP contribution in [0.15, 0.2) is 47.0 Å². The van der Waals surface area contributed by atoms with Gasteiger partial charge in [0, 0.05) is 5.69 Å². The molecule has 0 aliphatic carbocycles. The molecule has 3 aromatic rings. The zero-order valence-corrected chi connectivity index (χ0v) is 17.4. The van der Waals surface area contributed by atoms with Crippen molar-refractivity contribution in [1.82, 2.24) is 5.16 Å². The first-order chi connectivity index (χ1) is 14.3. The van der Waals surface area contributed by atoms with Crippen molar-refractivity contribution in [2.75, 3.05) is 11.9 Å². The average Bonchev–Trinajstić information content (AvgIpc) is 3.05. The summed E-state index contributed by atoms with van der Waals surface area (Å²) in [6.07, 6.45) is 0. The summed E-state index contributed by atoms with van der Waals surface area (Å²) in [6.45, 7) is 7.39. The fraction of sp³-hybridized carbons (Fsp3) is 0.261. The van der Waals surface area contributed by atoms with E-state index in [1.165, 1.54) is 0 Å². The molecule has 30 heavy (non-hydrogen) atoms. The normalized spacial score (nSPS) is 10.5. The molecule has 7 nitrogen and oxygen atoms in total. The van der Waals surface area contributed by atoms with E-state index in [1.54, 1.807) is 24.3 Å². The maximum absolute atomic E-state index is 12.3. The lowest BCUT2D eigenvalue weighted by Gasteiger charge is -2.10. The number of hydrogen-bond acceptors (Lipinski definition) is 6. The Bertz CT molecular complexity index is 1050. The van der Waals surface area contributed by atoms with E-state index in [9.17, 15) is 9.59 Å². The Hall–Kier alpha value is -3.61. The Kier molecular flexibility index (Phi) is 6.51. The highest BCUT2D eigenvalue weighted by molar-refractivity contribution is 5.96. The number of benzene rings is 2. The van der Waals surface area contributed by atoms with E-state index < -0.39 is 11.9 Å². The largest absolute Gasteiger partial charge is 0.489 e. The number of amides is 1. The van der Waals surface area contributed by atoms with Gasteiger partial charge in [0.05, 0.1) is 16.8 Å². The lowest BCUT2D eigenvalue weighted by atomic mass is 10.1. The zero-order valence-electron chi connectivity index (χ0n) is 17.4. The second-order valence-corrected chi connectivity index (χ2v) is 7.06. The third kappa shape index (κ3) is 5.26. The molecule has 156 valence electrons. The molecule has 0 saturated carbocycles. The summed E-state index contributed by atoms with van der Waals surface area (Å²) in [5.74, 6) is 0.193. The minimum absolute atomic E-state index is 0.276. The second kappa shape index (κ2) is 9.26. The van der Waals surface area contributed by atoms with Gasteiger partial charge in [-0.3, -0.25) is 4.79 Å². The Balaban J connectivity index is 1.56. The molecule has 0 fully saturated rings. The number of carbonyl (C=O) groups excluding carboxylic acids is 2. The standard InChI is InChI=1S/C23H24N2O5/c1-14-8-9-15(2)21(10-14)24-22(26)13-29-23(27)18-6-5-7-19(11-18)28-12-20-16(3)25-30-17(20)4/h5-11H,12-13H2,1-4H3,(H,24,26). The van der Waals surface area contributed by atoms with E-state index in [2.05, 4.69) is 10.5 Å². The van der Waals surface area contributed by atoms with E-state index in [0.29, 0.717) is 22.8 Å². The van der Waals surface area contributed by atoms with Gasteiger partial charge in [0.15, 0.2) is 6.61 Å². The first-order valence-corrected chi connectivity index (χ1v) is 9.52. The van der Waals surface area contributed by atoms with Gasteiger partial charge in [-0.2, -0.15) is 0 Å². The minimum atomic E-state index is -0.603. The zero-order chi connectivity index (χ0) is 21.7. The molecule has 0 radical (unpaired) electrons. The van der Waals surface area contributed by atoms with Crippen LogP contribution in [0.2, 0.25) is 0 Å². The van der Waals surface area contributed by atoms with Crippen molar-refractivity contribution in [3.8, 4) is 5.75 Å². The van der Waals surface area contributed by atoms with Crippen molar-refractivity contribution < 1.29 is 23.6 Å². The van der Waals surface area contributed by atoms with E-state index in [1.807, 2.05) is 45.9 Å². The summed E-state index contributed by atoms with van der Waals surface area (Å²) in [4.78, 5) is 24.5. The van der Waals surface area contributed by atoms with Gasteiger partial charge >= 0.3 is 5.97 Å². The van der Waals surface area contributed by atoms with E-state index in [4.69, 9.17) is 14.0 Å². The summed E-state index contributed by atoms with van der Waals surface area (Å²) >= 11 is 0. The van der Waals surface area contributed by atoms with Crippen LogP contribution in [0.3, 0.4) is 0 Å². The lowest BCUT2D eigenvalue weighted by molar-refractivity contribution is -0.119. The molecule has 0 unspecified atom stereocenters. The number of nitrogens with one attached hydrogen (secondary N) is 1. The minimum Gasteiger partial charge on any atom is -0.489 e. The van der Waals surface area contributed by atoms with Crippen LogP contribution in [-0.4, -0.2) is 23.6 Å². The Morgan fingerprint density at radius 1 is 1.07 bits per heavy atom. The third-order valence-corrected chi connectivity index (χ3v) is 4.64. The van der Waals surface area contributed by atoms with Crippen LogP contribution in [0.5, 0.6) is 5.75 Å². The number of anilines is 1. The highest BCUT2D eigenvalue weighted by Crippen LogP contribution is 2.19. The summed E-state index contributed by atoms with van der Waals surface area (Å²) in [5, 5.41) is 6.65. The summed E-state index contributed by atoms with van der Waals surface area (Å²) < 4.78 is 16.0. The first-order valence-electron chi connectivity index (χ1n) is 9.52. The monoisotopic (exact) mass is 408 g/mol. The molecule has 0 spiro atoms. The molecule has 2 aromatic carbocycles. The molecule has 7 heteroatoms. The molecule has 1 aromatic heterocycles. The van der Waals surface area contributed by atoms with Gasteiger partial charge in [0.25, 0.3) is 5.91 Å². The Morgan fingerprint density at radius 3 is 2.60 bits per heavy atom. The first kappa shape index (κ1) is 21.1. The highest BCUT2D eigenvalue weighted by Gasteiger charge is 2.13.